The summed E-state index contributed by atoms with van der Waals surface area (Å²) in [5.74, 6) is -0.842. The van der Waals surface area contributed by atoms with Crippen LogP contribution < -0.4 is 20.1 Å². The lowest BCUT2D eigenvalue weighted by Crippen LogP contribution is -2.56. The van der Waals surface area contributed by atoms with Crippen LogP contribution in [-0.4, -0.2) is 52.8 Å². The van der Waals surface area contributed by atoms with Gasteiger partial charge >= 0.3 is 5.97 Å². The molecule has 0 aliphatic carbocycles. The number of methoxy groups -OCH3 is 1. The molecule has 2 N–H and O–H groups in total. The molecular formula is C47H38Cl2N4O7. The number of fused-ring (bicyclic) bond motifs is 2. The van der Waals surface area contributed by atoms with Gasteiger partial charge in [-0.05, 0) is 94.0 Å². The third-order valence-corrected chi connectivity index (χ3v) is 11.3. The zero-order valence-electron chi connectivity index (χ0n) is 32.3. The van der Waals surface area contributed by atoms with Gasteiger partial charge in [-0.25, -0.2) is 4.79 Å². The van der Waals surface area contributed by atoms with Crippen molar-refractivity contribution in [3.63, 3.8) is 0 Å². The summed E-state index contributed by atoms with van der Waals surface area (Å²) in [6, 6.07) is 34.1. The molecule has 11 nitrogen and oxygen atoms in total. The van der Waals surface area contributed by atoms with Gasteiger partial charge in [-0.1, -0.05) is 83.9 Å². The fourth-order valence-corrected chi connectivity index (χ4v) is 7.68. The lowest BCUT2D eigenvalue weighted by Gasteiger charge is -2.38. The molecule has 13 heteroatoms. The first-order valence-corrected chi connectivity index (χ1v) is 19.9. The Bertz CT molecular complexity index is 2560. The number of nitrogens with one attached hydrogen (secondary N) is 2. The molecule has 0 bridgehead atoms. The number of rotatable bonds is 11. The van der Waals surface area contributed by atoms with E-state index in [1.165, 1.54) is 12.0 Å². The maximum absolute atomic E-state index is 14.3. The van der Waals surface area contributed by atoms with Gasteiger partial charge in [0.1, 0.15) is 30.2 Å². The average Bonchev–Trinajstić information content (AvgIpc) is 3.28. The third-order valence-electron chi connectivity index (χ3n) is 10.5. The van der Waals surface area contributed by atoms with E-state index < -0.39 is 30.1 Å². The summed E-state index contributed by atoms with van der Waals surface area (Å²) >= 11 is 12.2. The molecule has 3 amide bonds. The molecule has 1 aromatic heterocycles. The molecule has 60 heavy (non-hydrogen) atoms. The van der Waals surface area contributed by atoms with E-state index in [1.54, 1.807) is 85.2 Å². The van der Waals surface area contributed by atoms with Gasteiger partial charge in [0.2, 0.25) is 12.0 Å². The third kappa shape index (κ3) is 8.83. The molecule has 0 fully saturated rings. The molecule has 3 atom stereocenters. The summed E-state index contributed by atoms with van der Waals surface area (Å²) in [6.07, 6.45) is 2.76. The molecular weight excluding hydrogens is 803 g/mol. The van der Waals surface area contributed by atoms with Crippen LogP contribution in [-0.2, 0) is 45.1 Å². The predicted molar refractivity (Wildman–Crippen MR) is 227 cm³/mol. The number of benzene rings is 5. The highest BCUT2D eigenvalue weighted by Gasteiger charge is 2.39. The van der Waals surface area contributed by atoms with Crippen molar-refractivity contribution in [3.05, 3.63) is 177 Å². The Morgan fingerprint density at radius 3 is 2.28 bits per heavy atom. The van der Waals surface area contributed by atoms with E-state index in [2.05, 4.69) is 15.6 Å². The van der Waals surface area contributed by atoms with Crippen LogP contribution in [0.25, 0.3) is 11.1 Å². The molecule has 6 aromatic rings. The monoisotopic (exact) mass is 840 g/mol. The van der Waals surface area contributed by atoms with Crippen molar-refractivity contribution < 1.29 is 33.4 Å². The van der Waals surface area contributed by atoms with E-state index in [4.69, 9.17) is 37.4 Å². The van der Waals surface area contributed by atoms with Crippen molar-refractivity contribution in [2.45, 2.75) is 44.2 Å². The van der Waals surface area contributed by atoms with E-state index in [9.17, 15) is 19.2 Å². The quantitative estimate of drug-likeness (QED) is 0.125. The number of nitrogens with zero attached hydrogens (tertiary/aromatic N) is 2. The Kier molecular flexibility index (Phi) is 11.8. The van der Waals surface area contributed by atoms with Crippen molar-refractivity contribution in [2.75, 3.05) is 12.4 Å². The van der Waals surface area contributed by atoms with Crippen molar-refractivity contribution in [2.24, 2.45) is 0 Å². The van der Waals surface area contributed by atoms with Crippen LogP contribution in [0, 0.1) is 0 Å². The SMILES string of the molecule is COC(=O)[C@H](Cc1ccc(-c2ccncc2)cc1)NC(=O)C1Cc2cc3c(cc2CN1C(=O)c1ccccc1)O[C@@H](c1ccc(OCc2ccc(Cl)c(Cl)c2)cc1)C(=O)N3. The summed E-state index contributed by atoms with van der Waals surface area (Å²) in [5, 5.41) is 6.76. The highest BCUT2D eigenvalue weighted by molar-refractivity contribution is 6.42. The van der Waals surface area contributed by atoms with Crippen LogP contribution in [0.1, 0.15) is 44.3 Å². The molecule has 8 rings (SSSR count). The fraction of sp³-hybridized carbons (Fsp3) is 0.170. The van der Waals surface area contributed by atoms with Gasteiger partial charge in [-0.15, -0.1) is 0 Å². The Morgan fingerprint density at radius 1 is 0.850 bits per heavy atom. The number of hydrogen-bond acceptors (Lipinski definition) is 8. The number of carbonyl (C=O) groups excluding carboxylic acids is 4. The second kappa shape index (κ2) is 17.7. The molecule has 302 valence electrons. The van der Waals surface area contributed by atoms with Crippen molar-refractivity contribution in [1.29, 1.82) is 0 Å². The zero-order valence-corrected chi connectivity index (χ0v) is 33.8. The van der Waals surface area contributed by atoms with Gasteiger partial charge in [0, 0.05) is 42.9 Å². The van der Waals surface area contributed by atoms with Crippen LogP contribution in [0.15, 0.2) is 134 Å². The molecule has 0 radical (unpaired) electrons. The number of halogens is 2. The number of ether oxygens (including phenoxy) is 3. The summed E-state index contributed by atoms with van der Waals surface area (Å²) in [7, 11) is 1.27. The second-order valence-corrected chi connectivity index (χ2v) is 15.3. The van der Waals surface area contributed by atoms with Crippen LogP contribution in [0.2, 0.25) is 10.0 Å². The van der Waals surface area contributed by atoms with Crippen molar-refractivity contribution in [1.82, 2.24) is 15.2 Å². The minimum Gasteiger partial charge on any atom is -0.489 e. The maximum Gasteiger partial charge on any atom is 0.328 e. The Balaban J connectivity index is 1.01. The van der Waals surface area contributed by atoms with E-state index in [1.807, 2.05) is 48.5 Å². The second-order valence-electron chi connectivity index (χ2n) is 14.5. The first kappa shape index (κ1) is 40.1. The van der Waals surface area contributed by atoms with Gasteiger partial charge in [0.25, 0.3) is 11.8 Å². The summed E-state index contributed by atoms with van der Waals surface area (Å²) in [5.41, 5.74) is 6.60. The minimum atomic E-state index is -1.03. The topological polar surface area (TPSA) is 136 Å². The van der Waals surface area contributed by atoms with Gasteiger partial charge in [0.15, 0.2) is 0 Å². The number of carbonyl (C=O) groups is 4. The Hall–Kier alpha value is -6.69. The summed E-state index contributed by atoms with van der Waals surface area (Å²) in [6.45, 7) is 0.344. The normalized spacial score (nSPS) is 16.0. The number of pyridine rings is 1. The predicted octanol–water partition coefficient (Wildman–Crippen LogP) is 8.17. The van der Waals surface area contributed by atoms with Crippen molar-refractivity contribution >= 4 is 52.6 Å². The Morgan fingerprint density at radius 2 is 1.57 bits per heavy atom. The number of aromatic nitrogens is 1. The largest absolute Gasteiger partial charge is 0.489 e. The zero-order chi connectivity index (χ0) is 41.8. The number of amides is 3. The molecule has 5 aromatic carbocycles. The first-order valence-electron chi connectivity index (χ1n) is 19.2. The number of esters is 1. The van der Waals surface area contributed by atoms with E-state index in [0.717, 1.165) is 33.4 Å². The van der Waals surface area contributed by atoms with E-state index >= 15 is 0 Å². The molecule has 2 aliphatic heterocycles. The van der Waals surface area contributed by atoms with Gasteiger partial charge in [-0.3, -0.25) is 19.4 Å². The average molecular weight is 842 g/mol. The van der Waals surface area contributed by atoms with Gasteiger partial charge in [0.05, 0.1) is 22.8 Å². The number of anilines is 1. The summed E-state index contributed by atoms with van der Waals surface area (Å²) < 4.78 is 17.3. The lowest BCUT2D eigenvalue weighted by atomic mass is 9.91. The number of hydrogen-bond donors (Lipinski definition) is 2. The minimum absolute atomic E-state index is 0.0701. The molecule has 0 spiro atoms. The molecule has 3 heterocycles. The smallest absolute Gasteiger partial charge is 0.328 e. The molecule has 0 saturated heterocycles. The van der Waals surface area contributed by atoms with Crippen LogP contribution in [0.3, 0.4) is 0 Å². The van der Waals surface area contributed by atoms with Gasteiger partial charge in [-0.2, -0.15) is 0 Å². The Labute approximate surface area is 356 Å². The van der Waals surface area contributed by atoms with E-state index in [0.29, 0.717) is 38.4 Å². The lowest BCUT2D eigenvalue weighted by molar-refractivity contribution is -0.145. The standard InChI is InChI=1S/C47H38Cl2N4O7/c1-58-47(57)40(22-28-7-10-30(11-8-28)31-17-19-50-20-18-31)52-44(54)41-24-34-23-39-42(25-35(34)26-53(41)46(56)33-5-3-2-4-6-33)60-43(45(55)51-39)32-12-14-36(15-13-32)59-27-29-9-16-37(48)38(49)21-29/h2-21,23,25,40-41,43H,22,24,26-27H2,1H3,(H,51,55)(H,52,54)/t40-,41?,43-/m0/s1. The van der Waals surface area contributed by atoms with Crippen molar-refractivity contribution in [3.8, 4) is 22.6 Å². The van der Waals surface area contributed by atoms with Crippen LogP contribution in [0.5, 0.6) is 11.5 Å². The van der Waals surface area contributed by atoms with E-state index in [-0.39, 0.29) is 37.8 Å². The van der Waals surface area contributed by atoms with Crippen LogP contribution in [0.4, 0.5) is 5.69 Å². The summed E-state index contributed by atoms with van der Waals surface area (Å²) in [4.78, 5) is 60.6. The van der Waals surface area contributed by atoms with Gasteiger partial charge < -0.3 is 29.7 Å². The highest BCUT2D eigenvalue weighted by Crippen LogP contribution is 2.40. The van der Waals surface area contributed by atoms with Crippen LogP contribution >= 0.6 is 23.2 Å². The fourth-order valence-electron chi connectivity index (χ4n) is 7.36. The first-order chi connectivity index (χ1) is 29.1. The molecule has 2 aliphatic rings. The molecule has 1 unspecified atom stereocenters. The maximum atomic E-state index is 14.3. The molecule has 0 saturated carbocycles. The highest BCUT2D eigenvalue weighted by atomic mass is 35.5.